The Balaban J connectivity index is 1.64. The van der Waals surface area contributed by atoms with E-state index >= 15 is 0 Å². The number of carbonyl (C=O) groups is 3. The number of carboxylic acid groups (broad SMARTS) is 1. The van der Waals surface area contributed by atoms with Gasteiger partial charge in [-0.25, -0.2) is 18.0 Å². The van der Waals surface area contributed by atoms with Crippen molar-refractivity contribution in [1.82, 2.24) is 9.80 Å². The van der Waals surface area contributed by atoms with Crippen LogP contribution in [0.15, 0.2) is 72.8 Å². The number of alkyl halides is 3. The lowest BCUT2D eigenvalue weighted by Crippen LogP contribution is -2.51. The van der Waals surface area contributed by atoms with E-state index in [1.807, 2.05) is 0 Å². The van der Waals surface area contributed by atoms with E-state index < -0.39 is 57.7 Å². The molecule has 4 rings (SSSR count). The molecule has 11 nitrogen and oxygen atoms in total. The Hall–Kier alpha value is -4.79. The van der Waals surface area contributed by atoms with Gasteiger partial charge in [0.15, 0.2) is 5.75 Å². The Labute approximate surface area is 264 Å². The van der Waals surface area contributed by atoms with Crippen molar-refractivity contribution >= 4 is 39.3 Å². The van der Waals surface area contributed by atoms with Crippen LogP contribution in [-0.2, 0) is 26.7 Å². The van der Waals surface area contributed by atoms with Crippen molar-refractivity contribution in [2.24, 2.45) is 5.92 Å². The van der Waals surface area contributed by atoms with Gasteiger partial charge in [0.1, 0.15) is 12.1 Å². The highest BCUT2D eigenvalue weighted by molar-refractivity contribution is 7.91. The lowest BCUT2D eigenvalue weighted by molar-refractivity contribution is -0.142. The van der Waals surface area contributed by atoms with Gasteiger partial charge in [-0.1, -0.05) is 43.3 Å². The molecule has 3 atom stereocenters. The zero-order valence-corrected chi connectivity index (χ0v) is 25.9. The van der Waals surface area contributed by atoms with E-state index in [-0.39, 0.29) is 41.5 Å². The summed E-state index contributed by atoms with van der Waals surface area (Å²) in [5.74, 6) is -3.03. The summed E-state index contributed by atoms with van der Waals surface area (Å²) in [4.78, 5) is 41.0. The van der Waals surface area contributed by atoms with Crippen LogP contribution in [0, 0.1) is 5.92 Å². The Kier molecular flexibility index (Phi) is 10.1. The molecule has 0 fully saturated rings. The fourth-order valence-electron chi connectivity index (χ4n) is 4.84. The predicted octanol–water partition coefficient (Wildman–Crippen LogP) is 5.12. The molecule has 3 aromatic carbocycles. The van der Waals surface area contributed by atoms with E-state index in [1.165, 1.54) is 37.1 Å². The second kappa shape index (κ2) is 13.7. The Bertz CT molecular complexity index is 1690. The van der Waals surface area contributed by atoms with Crippen LogP contribution in [0.1, 0.15) is 35.3 Å². The number of aliphatic carboxylic acids is 1. The average Bonchev–Trinajstić information content (AvgIpc) is 2.98. The number of halogens is 3. The molecule has 3 amide bonds. The quantitative estimate of drug-likeness (QED) is 0.288. The minimum atomic E-state index is -4.54. The maximum Gasteiger partial charge on any atom is 0.416 e. The third-order valence-electron chi connectivity index (χ3n) is 7.45. The number of para-hydroxylation sites is 1. The molecular formula is C31H33F3N4O7S. The molecule has 0 aliphatic carbocycles. The molecule has 0 saturated carbocycles. The van der Waals surface area contributed by atoms with Crippen LogP contribution in [0.4, 0.5) is 29.3 Å². The van der Waals surface area contributed by atoms with Crippen LogP contribution in [0.25, 0.3) is 0 Å². The maximum absolute atomic E-state index is 13.7. The summed E-state index contributed by atoms with van der Waals surface area (Å²) in [6, 6.07) is 14.6. The summed E-state index contributed by atoms with van der Waals surface area (Å²) in [6.45, 7) is 2.84. The van der Waals surface area contributed by atoms with Gasteiger partial charge < -0.3 is 25.0 Å². The van der Waals surface area contributed by atoms with Crippen LogP contribution < -0.4 is 14.8 Å². The second-order valence-electron chi connectivity index (χ2n) is 11.0. The third kappa shape index (κ3) is 8.27. The van der Waals surface area contributed by atoms with Gasteiger partial charge in [-0.05, 0) is 48.9 Å². The van der Waals surface area contributed by atoms with Gasteiger partial charge in [0, 0.05) is 25.2 Å². The molecule has 1 aliphatic heterocycles. The summed E-state index contributed by atoms with van der Waals surface area (Å²) >= 11 is 0. The normalized spacial score (nSPS) is 17.5. The SMILES string of the molecule is C[C@@H]1CN([C@@H](C)C(=O)O)C(=O)c2cccc(NS(=O)(=O)Cc3ccccc3)c2O[C@@H]1CN(C)C(=O)Nc1ccc(C(F)(F)F)cc1. The second-order valence-corrected chi connectivity index (χ2v) is 12.7. The number of hydrogen-bond donors (Lipinski definition) is 3. The lowest BCUT2D eigenvalue weighted by atomic mass is 9.99. The Morgan fingerprint density at radius 3 is 2.33 bits per heavy atom. The van der Waals surface area contributed by atoms with E-state index in [0.29, 0.717) is 5.56 Å². The summed E-state index contributed by atoms with van der Waals surface area (Å²) in [7, 11) is -2.59. The van der Waals surface area contributed by atoms with Crippen LogP contribution in [0.5, 0.6) is 5.75 Å². The number of rotatable bonds is 9. The molecule has 0 bridgehead atoms. The summed E-state index contributed by atoms with van der Waals surface area (Å²) in [6.07, 6.45) is -5.43. The van der Waals surface area contributed by atoms with Gasteiger partial charge in [0.05, 0.1) is 29.1 Å². The fraction of sp³-hybridized carbons (Fsp3) is 0.323. The minimum Gasteiger partial charge on any atom is -0.485 e. The summed E-state index contributed by atoms with van der Waals surface area (Å²) < 4.78 is 73.9. The Morgan fingerprint density at radius 2 is 1.72 bits per heavy atom. The standard InChI is InChI=1S/C31H33F3N4O7S/c1-19-16-38(20(2)29(40)41)28(39)24-10-7-11-25(36-46(43,44)18-21-8-5-4-6-9-21)27(24)45-26(19)17-37(3)30(42)35-23-14-12-22(13-15-23)31(32,33)34/h4-15,19-20,26,36H,16-18H2,1-3H3,(H,35,42)(H,40,41)/t19-,20+,26-/m1/s1. The smallest absolute Gasteiger partial charge is 0.416 e. The molecule has 1 heterocycles. The predicted molar refractivity (Wildman–Crippen MR) is 164 cm³/mol. The minimum absolute atomic E-state index is 0.0549. The lowest BCUT2D eigenvalue weighted by Gasteiger charge is -2.38. The van der Waals surface area contributed by atoms with E-state index in [0.717, 1.165) is 29.2 Å². The third-order valence-corrected chi connectivity index (χ3v) is 8.69. The number of benzene rings is 3. The highest BCUT2D eigenvalue weighted by Crippen LogP contribution is 2.36. The molecule has 0 saturated heterocycles. The number of amides is 3. The van der Waals surface area contributed by atoms with Crippen LogP contribution in [-0.4, -0.2) is 73.5 Å². The fourth-order valence-corrected chi connectivity index (χ4v) is 6.04. The zero-order valence-electron chi connectivity index (χ0n) is 25.1. The van der Waals surface area contributed by atoms with E-state index in [9.17, 15) is 41.1 Å². The number of nitrogens with zero attached hydrogens (tertiary/aromatic N) is 2. The summed E-state index contributed by atoms with van der Waals surface area (Å²) in [5.41, 5.74) is -0.384. The topological polar surface area (TPSA) is 145 Å². The van der Waals surface area contributed by atoms with Gasteiger partial charge >= 0.3 is 18.2 Å². The summed E-state index contributed by atoms with van der Waals surface area (Å²) in [5, 5.41) is 12.3. The van der Waals surface area contributed by atoms with E-state index in [2.05, 4.69) is 10.0 Å². The maximum atomic E-state index is 13.7. The number of ether oxygens (including phenoxy) is 1. The van der Waals surface area contributed by atoms with Crippen LogP contribution in [0.3, 0.4) is 0 Å². The molecule has 3 aromatic rings. The van der Waals surface area contributed by atoms with Gasteiger partial charge in [-0.3, -0.25) is 9.52 Å². The molecule has 0 spiro atoms. The Morgan fingerprint density at radius 1 is 1.07 bits per heavy atom. The first-order valence-corrected chi connectivity index (χ1v) is 15.8. The molecule has 246 valence electrons. The average molecular weight is 663 g/mol. The van der Waals surface area contributed by atoms with Crippen molar-refractivity contribution in [2.75, 3.05) is 30.2 Å². The first kappa shape index (κ1) is 34.1. The van der Waals surface area contributed by atoms with E-state index in [1.54, 1.807) is 37.3 Å². The van der Waals surface area contributed by atoms with Crippen LogP contribution >= 0.6 is 0 Å². The molecule has 46 heavy (non-hydrogen) atoms. The van der Waals surface area contributed by atoms with Gasteiger partial charge in [0.25, 0.3) is 5.91 Å². The van der Waals surface area contributed by atoms with Gasteiger partial charge in [-0.15, -0.1) is 0 Å². The number of likely N-dealkylation sites (N-methyl/N-ethyl adjacent to an activating group) is 1. The number of carbonyl (C=O) groups excluding carboxylic acids is 2. The monoisotopic (exact) mass is 662 g/mol. The highest BCUT2D eigenvalue weighted by atomic mass is 32.2. The molecule has 0 aromatic heterocycles. The molecular weight excluding hydrogens is 629 g/mol. The van der Waals surface area contributed by atoms with Crippen molar-refractivity contribution in [2.45, 2.75) is 37.9 Å². The molecule has 15 heteroatoms. The number of hydrogen-bond acceptors (Lipinski definition) is 6. The van der Waals surface area contributed by atoms with Crippen molar-refractivity contribution in [3.63, 3.8) is 0 Å². The van der Waals surface area contributed by atoms with Crippen molar-refractivity contribution in [3.05, 3.63) is 89.5 Å². The van der Waals surface area contributed by atoms with Crippen molar-refractivity contribution in [3.8, 4) is 5.75 Å². The van der Waals surface area contributed by atoms with Gasteiger partial charge in [-0.2, -0.15) is 13.2 Å². The number of anilines is 2. The number of fused-ring (bicyclic) bond motifs is 1. The van der Waals surface area contributed by atoms with Crippen molar-refractivity contribution < 1.29 is 45.8 Å². The molecule has 0 radical (unpaired) electrons. The van der Waals surface area contributed by atoms with Gasteiger partial charge in [0.2, 0.25) is 10.0 Å². The highest BCUT2D eigenvalue weighted by Gasteiger charge is 2.37. The number of nitrogens with one attached hydrogen (secondary N) is 2. The molecule has 3 N–H and O–H groups in total. The number of carboxylic acids is 1. The molecule has 1 aliphatic rings. The first-order valence-electron chi connectivity index (χ1n) is 14.1. The van der Waals surface area contributed by atoms with E-state index in [4.69, 9.17) is 4.74 Å². The number of sulfonamides is 1. The number of urea groups is 1. The van der Waals surface area contributed by atoms with Crippen molar-refractivity contribution in [1.29, 1.82) is 0 Å². The largest absolute Gasteiger partial charge is 0.485 e. The molecule has 0 unspecified atom stereocenters. The van der Waals surface area contributed by atoms with Crippen LogP contribution in [0.2, 0.25) is 0 Å². The first-order chi connectivity index (χ1) is 21.6. The zero-order chi connectivity index (χ0) is 33.8.